The number of nitrogens with one attached hydrogen (secondary N) is 3. The van der Waals surface area contributed by atoms with Gasteiger partial charge in [-0.3, -0.25) is 4.79 Å². The number of aromatic nitrogens is 3. The molecule has 28 heavy (non-hydrogen) atoms. The van der Waals surface area contributed by atoms with Crippen LogP contribution >= 0.6 is 0 Å². The molecular formula is C20H23N5O3. The molecule has 0 unspecified atom stereocenters. The number of anilines is 1. The molecule has 146 valence electrons. The van der Waals surface area contributed by atoms with Gasteiger partial charge in [0.25, 0.3) is 5.91 Å². The Kier molecular flexibility index (Phi) is 4.77. The maximum atomic E-state index is 11.9. The van der Waals surface area contributed by atoms with Gasteiger partial charge in [-0.1, -0.05) is 19.9 Å². The van der Waals surface area contributed by atoms with Crippen molar-refractivity contribution in [2.24, 2.45) is 5.92 Å². The van der Waals surface area contributed by atoms with Gasteiger partial charge in [0.1, 0.15) is 36.7 Å². The predicted octanol–water partition coefficient (Wildman–Crippen LogP) is 2.90. The molecule has 2 aromatic heterocycles. The average Bonchev–Trinajstić information content (AvgIpc) is 3.16. The Labute approximate surface area is 162 Å². The molecule has 1 atom stereocenters. The summed E-state index contributed by atoms with van der Waals surface area (Å²) >= 11 is 0. The van der Waals surface area contributed by atoms with Gasteiger partial charge in [-0.05, 0) is 29.7 Å². The molecule has 1 aliphatic rings. The SMILES string of the molecule is CNC(=O)c1cc2c(N[C@H](c3ccc4c(c3)OCCO4)C(C)C)ncnc2[nH]1. The van der Waals surface area contributed by atoms with Crippen molar-refractivity contribution in [2.75, 3.05) is 25.6 Å². The lowest BCUT2D eigenvalue weighted by molar-refractivity contribution is 0.0959. The summed E-state index contributed by atoms with van der Waals surface area (Å²) in [6.45, 7) is 5.40. The number of amides is 1. The summed E-state index contributed by atoms with van der Waals surface area (Å²) in [6.07, 6.45) is 1.48. The van der Waals surface area contributed by atoms with Crippen LogP contribution in [0.5, 0.6) is 11.5 Å². The summed E-state index contributed by atoms with van der Waals surface area (Å²) in [4.78, 5) is 23.6. The smallest absolute Gasteiger partial charge is 0.267 e. The Balaban J connectivity index is 1.69. The van der Waals surface area contributed by atoms with E-state index in [2.05, 4.69) is 39.4 Å². The second kappa shape index (κ2) is 7.38. The van der Waals surface area contributed by atoms with Crippen LogP contribution in [0.25, 0.3) is 11.0 Å². The monoisotopic (exact) mass is 381 g/mol. The fraction of sp³-hybridized carbons (Fsp3) is 0.350. The lowest BCUT2D eigenvalue weighted by atomic mass is 9.95. The van der Waals surface area contributed by atoms with Crippen molar-refractivity contribution in [3.63, 3.8) is 0 Å². The van der Waals surface area contributed by atoms with Gasteiger partial charge in [0, 0.05) is 7.05 Å². The number of ether oxygens (including phenoxy) is 2. The second-order valence-corrected chi connectivity index (χ2v) is 7.02. The second-order valence-electron chi connectivity index (χ2n) is 7.02. The van der Waals surface area contributed by atoms with Gasteiger partial charge in [0.05, 0.1) is 11.4 Å². The van der Waals surface area contributed by atoms with Gasteiger partial charge in [-0.15, -0.1) is 0 Å². The summed E-state index contributed by atoms with van der Waals surface area (Å²) in [5.41, 5.74) is 2.13. The van der Waals surface area contributed by atoms with E-state index in [1.807, 2.05) is 18.2 Å². The molecule has 4 rings (SSSR count). The molecular weight excluding hydrogens is 358 g/mol. The van der Waals surface area contributed by atoms with E-state index in [0.717, 1.165) is 22.4 Å². The molecule has 1 amide bonds. The van der Waals surface area contributed by atoms with Crippen LogP contribution in [0.15, 0.2) is 30.6 Å². The van der Waals surface area contributed by atoms with Crippen molar-refractivity contribution in [1.82, 2.24) is 20.3 Å². The molecule has 0 saturated heterocycles. The van der Waals surface area contributed by atoms with Crippen molar-refractivity contribution in [1.29, 1.82) is 0 Å². The van der Waals surface area contributed by atoms with E-state index in [1.165, 1.54) is 6.33 Å². The van der Waals surface area contributed by atoms with Crippen molar-refractivity contribution in [3.05, 3.63) is 41.9 Å². The topological polar surface area (TPSA) is 101 Å². The minimum atomic E-state index is -0.198. The first-order chi connectivity index (χ1) is 13.6. The van der Waals surface area contributed by atoms with Crippen molar-refractivity contribution >= 4 is 22.8 Å². The van der Waals surface area contributed by atoms with Crippen molar-refractivity contribution < 1.29 is 14.3 Å². The zero-order chi connectivity index (χ0) is 19.7. The Bertz CT molecular complexity index is 1010. The molecule has 0 radical (unpaired) electrons. The number of carbonyl (C=O) groups is 1. The zero-order valence-corrected chi connectivity index (χ0v) is 16.1. The maximum Gasteiger partial charge on any atom is 0.267 e. The molecule has 3 heterocycles. The first-order valence-corrected chi connectivity index (χ1v) is 9.28. The van der Waals surface area contributed by atoms with Crippen molar-refractivity contribution in [2.45, 2.75) is 19.9 Å². The molecule has 0 spiro atoms. The summed E-state index contributed by atoms with van der Waals surface area (Å²) < 4.78 is 11.4. The Morgan fingerprint density at radius 3 is 2.68 bits per heavy atom. The van der Waals surface area contributed by atoms with E-state index in [-0.39, 0.29) is 17.9 Å². The lowest BCUT2D eigenvalue weighted by Gasteiger charge is -2.26. The zero-order valence-electron chi connectivity index (χ0n) is 16.1. The van der Waals surface area contributed by atoms with Crippen LogP contribution in [0.4, 0.5) is 5.82 Å². The third-order valence-corrected chi connectivity index (χ3v) is 4.78. The van der Waals surface area contributed by atoms with Gasteiger partial charge in [-0.25, -0.2) is 9.97 Å². The summed E-state index contributed by atoms with van der Waals surface area (Å²) in [5.74, 6) is 2.28. The highest BCUT2D eigenvalue weighted by molar-refractivity contribution is 5.99. The number of H-pyrrole nitrogens is 1. The minimum Gasteiger partial charge on any atom is -0.486 e. The van der Waals surface area contributed by atoms with Gasteiger partial charge in [-0.2, -0.15) is 0 Å². The van der Waals surface area contributed by atoms with Crippen LogP contribution in [0, 0.1) is 5.92 Å². The fourth-order valence-corrected chi connectivity index (χ4v) is 3.35. The fourth-order valence-electron chi connectivity index (χ4n) is 3.35. The number of aromatic amines is 1. The van der Waals surface area contributed by atoms with Crippen LogP contribution in [0.1, 0.15) is 35.9 Å². The first kappa shape index (κ1) is 18.1. The Morgan fingerprint density at radius 1 is 1.14 bits per heavy atom. The van der Waals surface area contributed by atoms with Crippen LogP contribution < -0.4 is 20.1 Å². The number of nitrogens with zero attached hydrogens (tertiary/aromatic N) is 2. The summed E-state index contributed by atoms with van der Waals surface area (Å²) in [6, 6.07) is 7.75. The average molecular weight is 381 g/mol. The van der Waals surface area contributed by atoms with E-state index in [1.54, 1.807) is 13.1 Å². The third kappa shape index (κ3) is 3.33. The number of hydrogen-bond acceptors (Lipinski definition) is 6. The first-order valence-electron chi connectivity index (χ1n) is 9.28. The number of hydrogen-bond donors (Lipinski definition) is 3. The van der Waals surface area contributed by atoms with E-state index >= 15 is 0 Å². The third-order valence-electron chi connectivity index (χ3n) is 4.78. The standard InChI is InChI=1S/C20H23N5O3/c1-11(2)17(12-4-5-15-16(8-12)28-7-6-27-15)25-19-13-9-14(20(26)21-3)24-18(13)22-10-23-19/h4-5,8-11,17H,6-7H2,1-3H3,(H,21,26)(H2,22,23,24,25)/t17-/m0/s1. The quantitative estimate of drug-likeness (QED) is 0.628. The van der Waals surface area contributed by atoms with Gasteiger partial charge in [0.2, 0.25) is 0 Å². The molecule has 1 aromatic carbocycles. The normalized spacial score (nSPS) is 14.1. The number of benzene rings is 1. The highest BCUT2D eigenvalue weighted by atomic mass is 16.6. The van der Waals surface area contributed by atoms with E-state index < -0.39 is 0 Å². The molecule has 0 aliphatic carbocycles. The molecule has 3 aromatic rings. The number of rotatable bonds is 5. The van der Waals surface area contributed by atoms with Gasteiger partial charge in [0.15, 0.2) is 11.5 Å². The van der Waals surface area contributed by atoms with E-state index in [0.29, 0.717) is 30.4 Å². The van der Waals surface area contributed by atoms with Crippen LogP contribution in [0.3, 0.4) is 0 Å². The molecule has 0 bridgehead atoms. The number of fused-ring (bicyclic) bond motifs is 2. The maximum absolute atomic E-state index is 11.9. The summed E-state index contributed by atoms with van der Waals surface area (Å²) in [5, 5.41) is 6.89. The molecule has 0 saturated carbocycles. The molecule has 8 heteroatoms. The molecule has 1 aliphatic heterocycles. The Morgan fingerprint density at radius 2 is 1.93 bits per heavy atom. The predicted molar refractivity (Wildman–Crippen MR) is 106 cm³/mol. The highest BCUT2D eigenvalue weighted by Gasteiger charge is 2.22. The lowest BCUT2D eigenvalue weighted by Crippen LogP contribution is -2.19. The highest BCUT2D eigenvalue weighted by Crippen LogP contribution is 2.36. The van der Waals surface area contributed by atoms with Crippen LogP contribution in [-0.4, -0.2) is 41.1 Å². The molecule has 0 fully saturated rings. The molecule has 8 nitrogen and oxygen atoms in total. The van der Waals surface area contributed by atoms with Gasteiger partial charge >= 0.3 is 0 Å². The van der Waals surface area contributed by atoms with Crippen molar-refractivity contribution in [3.8, 4) is 11.5 Å². The van der Waals surface area contributed by atoms with Crippen LogP contribution in [-0.2, 0) is 0 Å². The van der Waals surface area contributed by atoms with E-state index in [4.69, 9.17) is 9.47 Å². The van der Waals surface area contributed by atoms with Crippen LogP contribution in [0.2, 0.25) is 0 Å². The van der Waals surface area contributed by atoms with E-state index in [9.17, 15) is 4.79 Å². The largest absolute Gasteiger partial charge is 0.486 e. The minimum absolute atomic E-state index is 0.00715. The number of carbonyl (C=O) groups excluding carboxylic acids is 1. The van der Waals surface area contributed by atoms with Gasteiger partial charge < -0.3 is 25.1 Å². The summed E-state index contributed by atoms with van der Waals surface area (Å²) in [7, 11) is 1.59. The molecule has 3 N–H and O–H groups in total. The Hall–Kier alpha value is -3.29.